The third-order valence-electron chi connectivity index (χ3n) is 2.10. The molecule has 0 aromatic heterocycles. The van der Waals surface area contributed by atoms with E-state index in [0.29, 0.717) is 6.04 Å². The van der Waals surface area contributed by atoms with Crippen LogP contribution in [0.3, 0.4) is 0 Å². The molecule has 0 amide bonds. The topological polar surface area (TPSA) is 15.3 Å². The van der Waals surface area contributed by atoms with Crippen LogP contribution in [-0.2, 0) is 0 Å². The van der Waals surface area contributed by atoms with E-state index in [1.165, 1.54) is 19.5 Å². The maximum Gasteiger partial charge on any atom is 0.00161 e. The lowest BCUT2D eigenvalue weighted by Crippen LogP contribution is -2.34. The van der Waals surface area contributed by atoms with Crippen molar-refractivity contribution in [3.05, 3.63) is 0 Å². The standard InChI is InChI=1S/C11H26N2/c1-6-7-13(5)9-11(4)8-12-10(2)3/h10-12H,6-9H2,1-5H3. The summed E-state index contributed by atoms with van der Waals surface area (Å²) in [4.78, 5) is 2.41. The summed E-state index contributed by atoms with van der Waals surface area (Å²) < 4.78 is 0. The minimum Gasteiger partial charge on any atom is -0.314 e. The second-order valence-corrected chi connectivity index (χ2v) is 4.43. The summed E-state index contributed by atoms with van der Waals surface area (Å²) in [6.07, 6.45) is 1.25. The molecule has 0 aliphatic carbocycles. The quantitative estimate of drug-likeness (QED) is 0.654. The van der Waals surface area contributed by atoms with Crippen molar-refractivity contribution in [3.63, 3.8) is 0 Å². The van der Waals surface area contributed by atoms with Gasteiger partial charge in [-0.1, -0.05) is 27.7 Å². The average Bonchev–Trinajstić information content (AvgIpc) is 2.01. The Kier molecular flexibility index (Phi) is 7.29. The largest absolute Gasteiger partial charge is 0.314 e. The lowest BCUT2D eigenvalue weighted by molar-refractivity contribution is 0.278. The molecule has 0 aliphatic heterocycles. The Morgan fingerprint density at radius 3 is 2.31 bits per heavy atom. The zero-order chi connectivity index (χ0) is 10.3. The van der Waals surface area contributed by atoms with Gasteiger partial charge in [0.15, 0.2) is 0 Å². The number of rotatable bonds is 7. The lowest BCUT2D eigenvalue weighted by atomic mass is 10.1. The van der Waals surface area contributed by atoms with Crippen molar-refractivity contribution in [1.82, 2.24) is 10.2 Å². The third-order valence-corrected chi connectivity index (χ3v) is 2.10. The predicted octanol–water partition coefficient (Wildman–Crippen LogP) is 1.96. The Morgan fingerprint density at radius 1 is 1.23 bits per heavy atom. The molecule has 2 heteroatoms. The minimum atomic E-state index is 0.610. The van der Waals surface area contributed by atoms with Gasteiger partial charge in [0.05, 0.1) is 0 Å². The van der Waals surface area contributed by atoms with Gasteiger partial charge < -0.3 is 10.2 Å². The van der Waals surface area contributed by atoms with Crippen molar-refractivity contribution in [2.24, 2.45) is 5.92 Å². The summed E-state index contributed by atoms with van der Waals surface area (Å²) in [6, 6.07) is 0.610. The molecule has 0 saturated carbocycles. The van der Waals surface area contributed by atoms with Crippen LogP contribution < -0.4 is 5.32 Å². The first kappa shape index (κ1) is 12.9. The fraction of sp³-hybridized carbons (Fsp3) is 1.00. The van der Waals surface area contributed by atoms with E-state index in [2.05, 4.69) is 45.0 Å². The van der Waals surface area contributed by atoms with Gasteiger partial charge in [-0.3, -0.25) is 0 Å². The van der Waals surface area contributed by atoms with E-state index >= 15 is 0 Å². The van der Waals surface area contributed by atoms with Gasteiger partial charge in [-0.25, -0.2) is 0 Å². The van der Waals surface area contributed by atoms with Crippen LogP contribution >= 0.6 is 0 Å². The van der Waals surface area contributed by atoms with Crippen LogP contribution in [0.5, 0.6) is 0 Å². The molecule has 0 saturated heterocycles. The van der Waals surface area contributed by atoms with Crippen LogP contribution in [-0.4, -0.2) is 37.6 Å². The van der Waals surface area contributed by atoms with Gasteiger partial charge in [0.1, 0.15) is 0 Å². The maximum atomic E-state index is 3.47. The van der Waals surface area contributed by atoms with Gasteiger partial charge in [-0.2, -0.15) is 0 Å². The molecule has 0 aromatic rings. The van der Waals surface area contributed by atoms with Gasteiger partial charge in [0, 0.05) is 12.6 Å². The molecule has 13 heavy (non-hydrogen) atoms. The van der Waals surface area contributed by atoms with E-state index in [4.69, 9.17) is 0 Å². The predicted molar refractivity (Wildman–Crippen MR) is 60.1 cm³/mol. The second-order valence-electron chi connectivity index (χ2n) is 4.43. The Bertz CT molecular complexity index is 113. The first-order chi connectivity index (χ1) is 6.06. The van der Waals surface area contributed by atoms with Crippen molar-refractivity contribution in [1.29, 1.82) is 0 Å². The summed E-state index contributed by atoms with van der Waals surface area (Å²) in [5.74, 6) is 0.749. The monoisotopic (exact) mass is 186 g/mol. The summed E-state index contributed by atoms with van der Waals surface area (Å²) in [7, 11) is 2.20. The van der Waals surface area contributed by atoms with Gasteiger partial charge in [0.2, 0.25) is 0 Å². The van der Waals surface area contributed by atoms with E-state index in [9.17, 15) is 0 Å². The summed E-state index contributed by atoms with van der Waals surface area (Å²) in [5.41, 5.74) is 0. The van der Waals surface area contributed by atoms with E-state index in [1.54, 1.807) is 0 Å². The first-order valence-electron chi connectivity index (χ1n) is 5.48. The zero-order valence-corrected chi connectivity index (χ0v) is 9.93. The summed E-state index contributed by atoms with van der Waals surface area (Å²) >= 11 is 0. The van der Waals surface area contributed by atoms with Crippen molar-refractivity contribution >= 4 is 0 Å². The molecule has 1 N–H and O–H groups in total. The zero-order valence-electron chi connectivity index (χ0n) is 9.93. The summed E-state index contributed by atoms with van der Waals surface area (Å²) in [5, 5.41) is 3.47. The first-order valence-corrected chi connectivity index (χ1v) is 5.48. The van der Waals surface area contributed by atoms with Crippen LogP contribution in [0.2, 0.25) is 0 Å². The van der Waals surface area contributed by atoms with Crippen LogP contribution in [0.15, 0.2) is 0 Å². The Balaban J connectivity index is 3.43. The highest BCUT2D eigenvalue weighted by Gasteiger charge is 2.05. The van der Waals surface area contributed by atoms with Gasteiger partial charge >= 0.3 is 0 Å². The van der Waals surface area contributed by atoms with E-state index < -0.39 is 0 Å². The van der Waals surface area contributed by atoms with E-state index in [0.717, 1.165) is 12.5 Å². The second kappa shape index (κ2) is 7.34. The third kappa shape index (κ3) is 8.26. The fourth-order valence-electron chi connectivity index (χ4n) is 1.51. The normalized spacial score (nSPS) is 14.1. The molecule has 0 aliphatic rings. The van der Waals surface area contributed by atoms with Gasteiger partial charge in [-0.05, 0) is 32.5 Å². The molecule has 0 fully saturated rings. The molecule has 0 spiro atoms. The highest BCUT2D eigenvalue weighted by Crippen LogP contribution is 1.97. The molecular weight excluding hydrogens is 160 g/mol. The van der Waals surface area contributed by atoms with Crippen molar-refractivity contribution in [3.8, 4) is 0 Å². The van der Waals surface area contributed by atoms with E-state index in [-0.39, 0.29) is 0 Å². The average molecular weight is 186 g/mol. The highest BCUT2D eigenvalue weighted by atomic mass is 15.1. The lowest BCUT2D eigenvalue weighted by Gasteiger charge is -2.21. The van der Waals surface area contributed by atoms with Crippen LogP contribution in [0, 0.1) is 5.92 Å². The SMILES string of the molecule is CCCN(C)CC(C)CNC(C)C. The molecule has 80 valence electrons. The van der Waals surface area contributed by atoms with Gasteiger partial charge in [0.25, 0.3) is 0 Å². The van der Waals surface area contributed by atoms with Crippen LogP contribution in [0.1, 0.15) is 34.1 Å². The number of nitrogens with zero attached hydrogens (tertiary/aromatic N) is 1. The molecule has 2 nitrogen and oxygen atoms in total. The van der Waals surface area contributed by atoms with Crippen molar-refractivity contribution in [2.45, 2.75) is 40.2 Å². The molecule has 0 radical (unpaired) electrons. The van der Waals surface area contributed by atoms with Crippen LogP contribution in [0.25, 0.3) is 0 Å². The fourth-order valence-corrected chi connectivity index (χ4v) is 1.51. The van der Waals surface area contributed by atoms with Crippen molar-refractivity contribution < 1.29 is 0 Å². The van der Waals surface area contributed by atoms with E-state index in [1.807, 2.05) is 0 Å². The molecule has 0 heterocycles. The number of hydrogen-bond acceptors (Lipinski definition) is 2. The molecule has 0 bridgehead atoms. The van der Waals surface area contributed by atoms with Crippen molar-refractivity contribution in [2.75, 3.05) is 26.7 Å². The molecule has 1 atom stereocenters. The van der Waals surface area contributed by atoms with Crippen LogP contribution in [0.4, 0.5) is 0 Å². The highest BCUT2D eigenvalue weighted by molar-refractivity contribution is 4.63. The molecule has 1 unspecified atom stereocenters. The Hall–Kier alpha value is -0.0800. The smallest absolute Gasteiger partial charge is 0.00161 e. The minimum absolute atomic E-state index is 0.610. The Labute approximate surface area is 83.7 Å². The maximum absolute atomic E-state index is 3.47. The number of nitrogens with one attached hydrogen (secondary N) is 1. The molecule has 0 aromatic carbocycles. The van der Waals surface area contributed by atoms with Gasteiger partial charge in [-0.15, -0.1) is 0 Å². The molecule has 0 rings (SSSR count). The summed E-state index contributed by atoms with van der Waals surface area (Å²) in [6.45, 7) is 12.5. The Morgan fingerprint density at radius 2 is 1.85 bits per heavy atom. The molecular formula is C11H26N2. The number of hydrogen-bond donors (Lipinski definition) is 1.